The molecule has 0 fully saturated rings. The molecule has 0 saturated heterocycles. The van der Waals surface area contributed by atoms with Crippen LogP contribution in [0.3, 0.4) is 0 Å². The van der Waals surface area contributed by atoms with E-state index in [1.807, 2.05) is 90.5 Å². The van der Waals surface area contributed by atoms with E-state index in [0.29, 0.717) is 0 Å². The standard InChI is InChI=1S/C35H54N4O6/c1-21(2)26(19-22(3)31(42)43)38(13)30(41)27(33(4,5)6)36-29(40)28(39(14)32(44)45-34(7,8)9)35(10,11)24-20-37(12)25-18-16-15-17-23(24)25/h15-21,26-28H,1-14H3,(H,36,40)(H,42,43)/b22-19+/t26-,27+,28+/m0/s1. The van der Waals surface area contributed by atoms with Gasteiger partial charge in [0.1, 0.15) is 17.7 Å². The van der Waals surface area contributed by atoms with Crippen molar-refractivity contribution in [3.63, 3.8) is 0 Å². The van der Waals surface area contributed by atoms with E-state index in [-0.39, 0.29) is 17.4 Å². The molecule has 250 valence electrons. The van der Waals surface area contributed by atoms with E-state index in [1.54, 1.807) is 40.9 Å². The van der Waals surface area contributed by atoms with Gasteiger partial charge in [0.25, 0.3) is 0 Å². The molecule has 10 heteroatoms. The van der Waals surface area contributed by atoms with Crippen LogP contribution in [0.25, 0.3) is 10.9 Å². The first-order chi connectivity index (χ1) is 20.4. The average molecular weight is 627 g/mol. The van der Waals surface area contributed by atoms with Crippen molar-refractivity contribution in [3.05, 3.63) is 47.7 Å². The van der Waals surface area contributed by atoms with Gasteiger partial charge in [-0.3, -0.25) is 14.5 Å². The predicted molar refractivity (Wildman–Crippen MR) is 178 cm³/mol. The van der Waals surface area contributed by atoms with Gasteiger partial charge in [-0.25, -0.2) is 9.59 Å². The number of aryl methyl sites for hydroxylation is 1. The normalized spacial score (nSPS) is 15.0. The molecule has 3 atom stereocenters. The van der Waals surface area contributed by atoms with Crippen LogP contribution in [0.5, 0.6) is 0 Å². The third-order valence-corrected chi connectivity index (χ3v) is 8.23. The van der Waals surface area contributed by atoms with Crippen molar-refractivity contribution < 1.29 is 29.0 Å². The minimum absolute atomic E-state index is 0.0964. The van der Waals surface area contributed by atoms with Crippen LogP contribution >= 0.6 is 0 Å². The highest BCUT2D eigenvalue weighted by atomic mass is 16.6. The fourth-order valence-electron chi connectivity index (χ4n) is 5.73. The van der Waals surface area contributed by atoms with Gasteiger partial charge >= 0.3 is 12.1 Å². The molecule has 0 aliphatic carbocycles. The smallest absolute Gasteiger partial charge is 0.410 e. The number of amides is 3. The number of para-hydroxylation sites is 1. The highest BCUT2D eigenvalue weighted by molar-refractivity contribution is 5.94. The van der Waals surface area contributed by atoms with E-state index in [0.717, 1.165) is 16.5 Å². The van der Waals surface area contributed by atoms with Gasteiger partial charge in [0.2, 0.25) is 11.8 Å². The quantitative estimate of drug-likeness (QED) is 0.325. The van der Waals surface area contributed by atoms with Gasteiger partial charge < -0.3 is 24.6 Å². The van der Waals surface area contributed by atoms with Gasteiger partial charge in [-0.2, -0.15) is 0 Å². The summed E-state index contributed by atoms with van der Waals surface area (Å²) in [6.45, 7) is 20.0. The zero-order valence-electron chi connectivity index (χ0n) is 29.6. The molecular weight excluding hydrogens is 572 g/mol. The molecule has 2 aromatic rings. The number of benzene rings is 1. The van der Waals surface area contributed by atoms with Crippen LogP contribution in [-0.4, -0.2) is 81.2 Å². The maximum Gasteiger partial charge on any atom is 0.410 e. The fourth-order valence-corrected chi connectivity index (χ4v) is 5.73. The molecule has 0 aliphatic rings. The van der Waals surface area contributed by atoms with E-state index >= 15 is 0 Å². The summed E-state index contributed by atoms with van der Waals surface area (Å²) in [5, 5.41) is 13.4. The number of ether oxygens (including phenoxy) is 1. The Labute approximate surface area is 268 Å². The number of carbonyl (C=O) groups is 4. The first-order valence-corrected chi connectivity index (χ1v) is 15.4. The van der Waals surface area contributed by atoms with E-state index in [2.05, 4.69) is 5.32 Å². The number of fused-ring (bicyclic) bond motifs is 1. The molecule has 2 rings (SSSR count). The molecule has 0 unspecified atom stereocenters. The predicted octanol–water partition coefficient (Wildman–Crippen LogP) is 5.74. The molecule has 3 amide bonds. The van der Waals surface area contributed by atoms with Crippen molar-refractivity contribution in [2.45, 2.75) is 105 Å². The Bertz CT molecular complexity index is 1440. The minimum Gasteiger partial charge on any atom is -0.478 e. The first-order valence-electron chi connectivity index (χ1n) is 15.4. The van der Waals surface area contributed by atoms with Crippen molar-refractivity contribution in [1.29, 1.82) is 0 Å². The summed E-state index contributed by atoms with van der Waals surface area (Å²) in [7, 11) is 5.09. The van der Waals surface area contributed by atoms with Crippen molar-refractivity contribution >= 4 is 34.8 Å². The molecule has 10 nitrogen and oxygen atoms in total. The Hall–Kier alpha value is -3.82. The Morgan fingerprint density at radius 2 is 1.51 bits per heavy atom. The van der Waals surface area contributed by atoms with Gasteiger partial charge in [-0.1, -0.05) is 72.7 Å². The number of hydrogen-bond donors (Lipinski definition) is 2. The lowest BCUT2D eigenvalue weighted by molar-refractivity contribution is -0.142. The van der Waals surface area contributed by atoms with Crippen LogP contribution in [-0.2, 0) is 31.6 Å². The zero-order valence-corrected chi connectivity index (χ0v) is 29.6. The molecule has 45 heavy (non-hydrogen) atoms. The number of carbonyl (C=O) groups excluding carboxylic acids is 3. The summed E-state index contributed by atoms with van der Waals surface area (Å²) in [5.74, 6) is -2.04. The molecule has 2 N–H and O–H groups in total. The number of nitrogens with one attached hydrogen (secondary N) is 1. The third kappa shape index (κ3) is 8.67. The van der Waals surface area contributed by atoms with Crippen molar-refractivity contribution in [2.75, 3.05) is 14.1 Å². The molecule has 1 heterocycles. The lowest BCUT2D eigenvalue weighted by Gasteiger charge is -2.42. The summed E-state index contributed by atoms with van der Waals surface area (Å²) in [5.41, 5.74) is -0.492. The number of rotatable bonds is 10. The van der Waals surface area contributed by atoms with Crippen LogP contribution in [0.4, 0.5) is 4.79 Å². The minimum atomic E-state index is -1.07. The molecule has 0 radical (unpaired) electrons. The van der Waals surface area contributed by atoms with Gasteiger partial charge in [0, 0.05) is 49.2 Å². The number of carboxylic acids is 1. The lowest BCUT2D eigenvalue weighted by atomic mass is 9.76. The topological polar surface area (TPSA) is 121 Å². The second-order valence-corrected chi connectivity index (χ2v) is 15.0. The van der Waals surface area contributed by atoms with Crippen LogP contribution in [0.15, 0.2) is 42.1 Å². The average Bonchev–Trinajstić information content (AvgIpc) is 3.24. The van der Waals surface area contributed by atoms with E-state index in [9.17, 15) is 24.3 Å². The van der Waals surface area contributed by atoms with Crippen molar-refractivity contribution in [3.8, 4) is 0 Å². The number of hydrogen-bond acceptors (Lipinski definition) is 5. The molecule has 1 aromatic heterocycles. The molecule has 0 spiro atoms. The third-order valence-electron chi connectivity index (χ3n) is 8.23. The first kappa shape index (κ1) is 37.4. The van der Waals surface area contributed by atoms with Gasteiger partial charge in [0.05, 0.1) is 6.04 Å². The van der Waals surface area contributed by atoms with Crippen LogP contribution in [0, 0.1) is 11.3 Å². The molecule has 0 saturated carbocycles. The van der Waals surface area contributed by atoms with E-state index < -0.39 is 52.5 Å². The summed E-state index contributed by atoms with van der Waals surface area (Å²) in [6.07, 6.45) is 2.87. The zero-order chi connectivity index (χ0) is 34.8. The van der Waals surface area contributed by atoms with E-state index in [1.165, 1.54) is 16.7 Å². The van der Waals surface area contributed by atoms with Gasteiger partial charge in [-0.05, 0) is 50.7 Å². The Morgan fingerprint density at radius 3 is 2.00 bits per heavy atom. The summed E-state index contributed by atoms with van der Waals surface area (Å²) in [4.78, 5) is 56.6. The van der Waals surface area contributed by atoms with Crippen LogP contribution in [0.2, 0.25) is 0 Å². The maximum atomic E-state index is 14.5. The Morgan fingerprint density at radius 1 is 0.956 bits per heavy atom. The highest BCUT2D eigenvalue weighted by Gasteiger charge is 2.46. The Kier molecular flexibility index (Phi) is 11.3. The molecule has 1 aromatic carbocycles. The van der Waals surface area contributed by atoms with Gasteiger partial charge in [-0.15, -0.1) is 0 Å². The maximum absolute atomic E-state index is 14.5. The number of carboxylic acid groups (broad SMARTS) is 1. The van der Waals surface area contributed by atoms with Crippen LogP contribution < -0.4 is 5.32 Å². The van der Waals surface area contributed by atoms with Crippen LogP contribution in [0.1, 0.15) is 81.7 Å². The number of aromatic nitrogens is 1. The molecule has 0 aliphatic heterocycles. The summed E-state index contributed by atoms with van der Waals surface area (Å²) in [6, 6.07) is 5.28. The SMILES string of the molecule is C/C(=C\[C@@H](C(C)C)N(C)C(=O)[C@@H](NC(=O)[C@@H](N(C)C(=O)OC(C)(C)C)C(C)(C)c1cn(C)c2ccccc12)C(C)(C)C)C(=O)O. The second kappa shape index (κ2) is 13.7. The van der Waals surface area contributed by atoms with Crippen molar-refractivity contribution in [1.82, 2.24) is 19.7 Å². The fraction of sp³-hybridized carbons (Fsp3) is 0.600. The largest absolute Gasteiger partial charge is 0.478 e. The summed E-state index contributed by atoms with van der Waals surface area (Å²) >= 11 is 0. The van der Waals surface area contributed by atoms with E-state index in [4.69, 9.17) is 4.74 Å². The number of aliphatic carboxylic acids is 1. The molecular formula is C35H54N4O6. The second-order valence-electron chi connectivity index (χ2n) is 15.0. The summed E-state index contributed by atoms with van der Waals surface area (Å²) < 4.78 is 7.69. The van der Waals surface area contributed by atoms with Gasteiger partial charge in [0.15, 0.2) is 0 Å². The monoisotopic (exact) mass is 626 g/mol. The molecule has 0 bridgehead atoms. The lowest BCUT2D eigenvalue weighted by Crippen LogP contribution is -2.63. The number of likely N-dealkylation sites (N-methyl/N-ethyl adjacent to an activating group) is 2. The highest BCUT2D eigenvalue weighted by Crippen LogP contribution is 2.37. The number of nitrogens with zero attached hydrogens (tertiary/aromatic N) is 3. The van der Waals surface area contributed by atoms with Crippen molar-refractivity contribution in [2.24, 2.45) is 18.4 Å². The Balaban J connectivity index is 2.66.